The van der Waals surface area contributed by atoms with Crippen LogP contribution in [-0.2, 0) is 0 Å². The lowest BCUT2D eigenvalue weighted by atomic mass is 10.2. The number of para-hydroxylation sites is 1. The normalized spacial score (nSPS) is 10.7. The van der Waals surface area contributed by atoms with E-state index in [0.717, 1.165) is 11.3 Å². The summed E-state index contributed by atoms with van der Waals surface area (Å²) in [7, 11) is 1.60. The van der Waals surface area contributed by atoms with Gasteiger partial charge >= 0.3 is 5.69 Å². The Bertz CT molecular complexity index is 1080. The Morgan fingerprint density at radius 1 is 0.808 bits per heavy atom. The zero-order valence-electron chi connectivity index (χ0n) is 14.2. The Balaban J connectivity index is 1.99. The van der Waals surface area contributed by atoms with E-state index in [9.17, 15) is 4.79 Å². The van der Waals surface area contributed by atoms with Crippen molar-refractivity contribution in [2.75, 3.05) is 7.11 Å². The molecule has 4 aromatic rings. The molecule has 5 nitrogen and oxygen atoms in total. The van der Waals surface area contributed by atoms with Gasteiger partial charge in [0.2, 0.25) is 0 Å². The van der Waals surface area contributed by atoms with Crippen LogP contribution in [0.4, 0.5) is 0 Å². The van der Waals surface area contributed by atoms with Gasteiger partial charge in [0.05, 0.1) is 18.5 Å². The summed E-state index contributed by atoms with van der Waals surface area (Å²) in [5.74, 6) is 1.26. The summed E-state index contributed by atoms with van der Waals surface area (Å²) in [6.45, 7) is 0. The molecule has 128 valence electrons. The van der Waals surface area contributed by atoms with Crippen LogP contribution in [0.3, 0.4) is 0 Å². The predicted octanol–water partition coefficient (Wildman–Crippen LogP) is 3.70. The van der Waals surface area contributed by atoms with Crippen LogP contribution in [0.15, 0.2) is 89.7 Å². The maximum absolute atomic E-state index is 13.2. The molecule has 1 heterocycles. The van der Waals surface area contributed by atoms with Crippen molar-refractivity contribution in [3.05, 3.63) is 95.4 Å². The molecule has 0 amide bonds. The Hall–Kier alpha value is -3.60. The lowest BCUT2D eigenvalue weighted by molar-refractivity contribution is 0.414. The Kier molecular flexibility index (Phi) is 4.11. The highest BCUT2D eigenvalue weighted by molar-refractivity contribution is 5.59. The summed E-state index contributed by atoms with van der Waals surface area (Å²) < 4.78 is 8.33. The molecule has 0 bridgehead atoms. The third-order valence-electron chi connectivity index (χ3n) is 4.12. The molecular weight excluding hydrogens is 326 g/mol. The molecule has 1 aromatic heterocycles. The van der Waals surface area contributed by atoms with Crippen LogP contribution in [0.5, 0.6) is 5.75 Å². The first-order chi connectivity index (χ1) is 12.8. The van der Waals surface area contributed by atoms with Crippen LogP contribution in [0, 0.1) is 0 Å². The number of nitrogens with zero attached hydrogens (tertiary/aromatic N) is 3. The Morgan fingerprint density at radius 3 is 2.15 bits per heavy atom. The first kappa shape index (κ1) is 15.9. The van der Waals surface area contributed by atoms with Crippen molar-refractivity contribution in [3.63, 3.8) is 0 Å². The monoisotopic (exact) mass is 343 g/mol. The number of benzene rings is 3. The van der Waals surface area contributed by atoms with Gasteiger partial charge in [-0.15, -0.1) is 5.10 Å². The van der Waals surface area contributed by atoms with Crippen LogP contribution in [0.25, 0.3) is 22.8 Å². The maximum atomic E-state index is 13.2. The quantitative estimate of drug-likeness (QED) is 0.568. The van der Waals surface area contributed by atoms with Crippen molar-refractivity contribution >= 4 is 0 Å². The summed E-state index contributed by atoms with van der Waals surface area (Å²) in [5.41, 5.74) is 2.05. The van der Waals surface area contributed by atoms with E-state index in [1.54, 1.807) is 11.7 Å². The van der Waals surface area contributed by atoms with Gasteiger partial charge in [0.25, 0.3) is 0 Å². The van der Waals surface area contributed by atoms with Crippen molar-refractivity contribution in [3.8, 4) is 28.5 Å². The molecule has 0 unspecified atom stereocenters. The van der Waals surface area contributed by atoms with Gasteiger partial charge in [0.1, 0.15) is 5.75 Å². The third kappa shape index (κ3) is 2.80. The van der Waals surface area contributed by atoms with E-state index in [4.69, 9.17) is 4.74 Å². The molecule has 0 aliphatic heterocycles. The number of rotatable bonds is 4. The van der Waals surface area contributed by atoms with Crippen LogP contribution < -0.4 is 10.4 Å². The summed E-state index contributed by atoms with van der Waals surface area (Å²) in [6, 6.07) is 26.5. The van der Waals surface area contributed by atoms with Crippen molar-refractivity contribution in [2.24, 2.45) is 0 Å². The highest BCUT2D eigenvalue weighted by atomic mass is 16.5. The van der Waals surface area contributed by atoms with Crippen molar-refractivity contribution in [1.82, 2.24) is 14.3 Å². The minimum absolute atomic E-state index is 0.233. The summed E-state index contributed by atoms with van der Waals surface area (Å²) >= 11 is 0. The standard InChI is InChI=1S/C21H17N3O2/c1-26-19-14-8-13-18(15-19)23-20(16-9-4-2-5-10-16)22-24(21(23)25)17-11-6-3-7-12-17/h2-15H,1H3. The largest absolute Gasteiger partial charge is 0.497 e. The lowest BCUT2D eigenvalue weighted by Crippen LogP contribution is -2.22. The SMILES string of the molecule is COc1cccc(-n2c(-c3ccccc3)nn(-c3ccccc3)c2=O)c1. The molecule has 0 spiro atoms. The van der Waals surface area contributed by atoms with E-state index in [-0.39, 0.29) is 5.69 Å². The first-order valence-electron chi connectivity index (χ1n) is 8.25. The molecule has 0 N–H and O–H groups in total. The molecule has 0 aliphatic rings. The van der Waals surface area contributed by atoms with E-state index in [1.807, 2.05) is 84.9 Å². The molecule has 0 saturated carbocycles. The van der Waals surface area contributed by atoms with Crippen molar-refractivity contribution < 1.29 is 4.74 Å². The van der Waals surface area contributed by atoms with E-state index in [2.05, 4.69) is 5.10 Å². The van der Waals surface area contributed by atoms with E-state index in [0.29, 0.717) is 17.3 Å². The van der Waals surface area contributed by atoms with Crippen molar-refractivity contribution in [2.45, 2.75) is 0 Å². The lowest BCUT2D eigenvalue weighted by Gasteiger charge is -2.07. The Labute approximate surface area is 150 Å². The fourth-order valence-electron chi connectivity index (χ4n) is 2.86. The number of methoxy groups -OCH3 is 1. The van der Waals surface area contributed by atoms with E-state index in [1.165, 1.54) is 4.68 Å². The molecule has 4 rings (SSSR count). The molecule has 0 saturated heterocycles. The maximum Gasteiger partial charge on any atom is 0.355 e. The van der Waals surface area contributed by atoms with Crippen molar-refractivity contribution in [1.29, 1.82) is 0 Å². The zero-order chi connectivity index (χ0) is 17.9. The fourth-order valence-corrected chi connectivity index (χ4v) is 2.86. The summed E-state index contributed by atoms with van der Waals surface area (Å²) in [5, 5.41) is 4.61. The van der Waals surface area contributed by atoms with Crippen LogP contribution in [0.1, 0.15) is 0 Å². The van der Waals surface area contributed by atoms with Gasteiger partial charge in [-0.2, -0.15) is 4.68 Å². The minimum Gasteiger partial charge on any atom is -0.497 e. The van der Waals surface area contributed by atoms with Gasteiger partial charge in [-0.3, -0.25) is 0 Å². The van der Waals surface area contributed by atoms with Gasteiger partial charge in [-0.05, 0) is 24.3 Å². The molecule has 0 radical (unpaired) electrons. The summed E-state index contributed by atoms with van der Waals surface area (Å²) in [4.78, 5) is 13.2. The highest BCUT2D eigenvalue weighted by Gasteiger charge is 2.17. The molecule has 0 atom stereocenters. The fraction of sp³-hybridized carbons (Fsp3) is 0.0476. The topological polar surface area (TPSA) is 49.0 Å². The van der Waals surface area contributed by atoms with Gasteiger partial charge in [0, 0.05) is 11.6 Å². The number of hydrogen-bond donors (Lipinski definition) is 0. The second-order valence-electron chi connectivity index (χ2n) is 5.76. The molecule has 3 aromatic carbocycles. The second kappa shape index (κ2) is 6.72. The molecular formula is C21H17N3O2. The van der Waals surface area contributed by atoms with E-state index >= 15 is 0 Å². The average Bonchev–Trinajstić information content (AvgIpc) is 3.06. The van der Waals surface area contributed by atoms with Gasteiger partial charge in [-0.25, -0.2) is 9.36 Å². The third-order valence-corrected chi connectivity index (χ3v) is 4.12. The summed E-state index contributed by atoms with van der Waals surface area (Å²) in [6.07, 6.45) is 0. The average molecular weight is 343 g/mol. The smallest absolute Gasteiger partial charge is 0.355 e. The van der Waals surface area contributed by atoms with Crippen LogP contribution >= 0.6 is 0 Å². The van der Waals surface area contributed by atoms with E-state index < -0.39 is 0 Å². The second-order valence-corrected chi connectivity index (χ2v) is 5.76. The number of aromatic nitrogens is 3. The van der Waals surface area contributed by atoms with Gasteiger partial charge in [0.15, 0.2) is 5.82 Å². The number of ether oxygens (including phenoxy) is 1. The first-order valence-corrected chi connectivity index (χ1v) is 8.25. The molecule has 5 heteroatoms. The molecule has 0 aliphatic carbocycles. The highest BCUT2D eigenvalue weighted by Crippen LogP contribution is 2.22. The van der Waals surface area contributed by atoms with Gasteiger partial charge < -0.3 is 4.74 Å². The van der Waals surface area contributed by atoms with Crippen LogP contribution in [0.2, 0.25) is 0 Å². The van der Waals surface area contributed by atoms with Crippen LogP contribution in [-0.4, -0.2) is 21.5 Å². The predicted molar refractivity (Wildman–Crippen MR) is 101 cm³/mol. The zero-order valence-corrected chi connectivity index (χ0v) is 14.2. The Morgan fingerprint density at radius 2 is 1.46 bits per heavy atom. The molecule has 26 heavy (non-hydrogen) atoms. The van der Waals surface area contributed by atoms with Gasteiger partial charge in [-0.1, -0.05) is 54.6 Å². The molecule has 0 fully saturated rings. The number of hydrogen-bond acceptors (Lipinski definition) is 3. The minimum atomic E-state index is -0.233.